The van der Waals surface area contributed by atoms with Crippen LogP contribution in [0.15, 0.2) is 17.6 Å². The number of likely N-dealkylation sites (tertiary alicyclic amines) is 1. The Hall–Kier alpha value is -1.03. The number of rotatable bonds is 8. The van der Waals surface area contributed by atoms with Gasteiger partial charge in [0.1, 0.15) is 5.60 Å². The Morgan fingerprint density at radius 2 is 2.00 bits per heavy atom. The van der Waals surface area contributed by atoms with E-state index in [0.29, 0.717) is 19.1 Å². The number of hydrogen-bond donors (Lipinski definition) is 2. The normalized spacial score (nSPS) is 17.1. The molecule has 1 saturated heterocycles. The summed E-state index contributed by atoms with van der Waals surface area (Å²) in [6.07, 6.45) is 3.89. The lowest BCUT2D eigenvalue weighted by molar-refractivity contribution is 0.0279. The van der Waals surface area contributed by atoms with Crippen LogP contribution in [0.3, 0.4) is 0 Å². The number of carbonyl (C=O) groups excluding carboxylic acids is 1. The molecule has 29 heavy (non-hydrogen) atoms. The summed E-state index contributed by atoms with van der Waals surface area (Å²) >= 11 is 0. The van der Waals surface area contributed by atoms with Crippen molar-refractivity contribution in [3.8, 4) is 0 Å². The maximum Gasteiger partial charge on any atom is 0.410 e. The monoisotopic (exact) mass is 523 g/mol. The molecule has 8 heteroatoms. The van der Waals surface area contributed by atoms with Crippen LogP contribution in [0, 0.1) is 5.92 Å². The minimum Gasteiger partial charge on any atom is -0.444 e. The van der Waals surface area contributed by atoms with E-state index in [9.17, 15) is 4.79 Å². The summed E-state index contributed by atoms with van der Waals surface area (Å²) in [5, 5.41) is 6.90. The summed E-state index contributed by atoms with van der Waals surface area (Å²) in [5.41, 5.74) is -0.476. The number of guanidine groups is 1. The van der Waals surface area contributed by atoms with E-state index >= 15 is 0 Å². The highest BCUT2D eigenvalue weighted by Crippen LogP contribution is 2.11. The van der Waals surface area contributed by atoms with Crippen LogP contribution in [0.25, 0.3) is 0 Å². The predicted octanol–water partition coefficient (Wildman–Crippen LogP) is 3.31. The maximum absolute atomic E-state index is 12.1. The smallest absolute Gasteiger partial charge is 0.410 e. The Kier molecular flexibility index (Phi) is 13.6. The second kappa shape index (κ2) is 14.1. The molecule has 1 unspecified atom stereocenters. The van der Waals surface area contributed by atoms with Crippen molar-refractivity contribution < 1.29 is 9.53 Å². The van der Waals surface area contributed by atoms with Gasteiger partial charge >= 0.3 is 6.09 Å². The van der Waals surface area contributed by atoms with Gasteiger partial charge in [-0.25, -0.2) is 4.79 Å². The SMILES string of the molecule is C=CCN1CCC(NC(=NCC(C)CN(C)C(=O)OC(C)(C)C)NCC)CC1.I. The van der Waals surface area contributed by atoms with Crippen LogP contribution in [-0.2, 0) is 4.74 Å². The van der Waals surface area contributed by atoms with Crippen LogP contribution in [0.5, 0.6) is 0 Å². The summed E-state index contributed by atoms with van der Waals surface area (Å²) in [6.45, 7) is 18.8. The van der Waals surface area contributed by atoms with E-state index in [-0.39, 0.29) is 36.0 Å². The van der Waals surface area contributed by atoms with Crippen molar-refractivity contribution in [3.63, 3.8) is 0 Å². The first kappa shape index (κ1) is 28.0. The summed E-state index contributed by atoms with van der Waals surface area (Å²) in [7, 11) is 1.77. The van der Waals surface area contributed by atoms with E-state index in [1.54, 1.807) is 11.9 Å². The van der Waals surface area contributed by atoms with Crippen molar-refractivity contribution in [1.82, 2.24) is 20.4 Å². The van der Waals surface area contributed by atoms with E-state index in [0.717, 1.165) is 45.0 Å². The molecule has 0 aliphatic carbocycles. The lowest BCUT2D eigenvalue weighted by Gasteiger charge is -2.32. The predicted molar refractivity (Wildman–Crippen MR) is 132 cm³/mol. The lowest BCUT2D eigenvalue weighted by Crippen LogP contribution is -2.48. The average Bonchev–Trinajstić information content (AvgIpc) is 2.60. The highest BCUT2D eigenvalue weighted by Gasteiger charge is 2.21. The molecule has 1 atom stereocenters. The fourth-order valence-corrected chi connectivity index (χ4v) is 3.14. The highest BCUT2D eigenvalue weighted by atomic mass is 127. The molecule has 0 bridgehead atoms. The summed E-state index contributed by atoms with van der Waals surface area (Å²) in [4.78, 5) is 20.9. The molecule has 1 fully saturated rings. The third-order valence-electron chi connectivity index (χ3n) is 4.51. The molecule has 0 aromatic carbocycles. The number of halogens is 1. The molecule has 1 rings (SSSR count). The van der Waals surface area contributed by atoms with E-state index in [4.69, 9.17) is 9.73 Å². The Labute approximate surface area is 194 Å². The maximum atomic E-state index is 12.1. The second-order valence-corrected chi connectivity index (χ2v) is 8.69. The van der Waals surface area contributed by atoms with Gasteiger partial charge in [0.15, 0.2) is 5.96 Å². The summed E-state index contributed by atoms with van der Waals surface area (Å²) in [6, 6.07) is 0.443. The zero-order valence-electron chi connectivity index (χ0n) is 19.2. The van der Waals surface area contributed by atoms with Crippen molar-refractivity contribution in [1.29, 1.82) is 0 Å². The van der Waals surface area contributed by atoms with Gasteiger partial charge < -0.3 is 20.3 Å². The van der Waals surface area contributed by atoms with Gasteiger partial charge in [0.05, 0.1) is 0 Å². The first-order chi connectivity index (χ1) is 13.1. The lowest BCUT2D eigenvalue weighted by atomic mass is 10.1. The Bertz CT molecular complexity index is 514. The molecule has 0 aromatic heterocycles. The minimum atomic E-state index is -0.476. The molecule has 1 amide bonds. The second-order valence-electron chi connectivity index (χ2n) is 8.69. The average molecular weight is 524 g/mol. The van der Waals surface area contributed by atoms with Crippen LogP contribution >= 0.6 is 24.0 Å². The third kappa shape index (κ3) is 12.3. The van der Waals surface area contributed by atoms with Crippen LogP contribution in [0.2, 0.25) is 0 Å². The number of aliphatic imine (C=N–C) groups is 1. The van der Waals surface area contributed by atoms with Crippen LogP contribution in [0.4, 0.5) is 4.79 Å². The first-order valence-corrected chi connectivity index (χ1v) is 10.5. The third-order valence-corrected chi connectivity index (χ3v) is 4.51. The Morgan fingerprint density at radius 3 is 2.52 bits per heavy atom. The zero-order valence-corrected chi connectivity index (χ0v) is 21.5. The number of amides is 1. The molecule has 0 aromatic rings. The molecular formula is C21H42IN5O2. The summed E-state index contributed by atoms with van der Waals surface area (Å²) in [5.74, 6) is 1.10. The topological polar surface area (TPSA) is 69.2 Å². The van der Waals surface area contributed by atoms with Crippen LogP contribution < -0.4 is 10.6 Å². The Morgan fingerprint density at radius 1 is 1.38 bits per heavy atom. The molecule has 2 N–H and O–H groups in total. The molecule has 0 radical (unpaired) electrons. The molecule has 0 saturated carbocycles. The van der Waals surface area contributed by atoms with Gasteiger partial charge in [-0.1, -0.05) is 13.0 Å². The minimum absolute atomic E-state index is 0. The quantitative estimate of drug-likeness (QED) is 0.221. The van der Waals surface area contributed by atoms with Crippen molar-refractivity contribution in [3.05, 3.63) is 12.7 Å². The van der Waals surface area contributed by atoms with Gasteiger partial charge in [-0.2, -0.15) is 0 Å². The zero-order chi connectivity index (χ0) is 21.2. The fourth-order valence-electron chi connectivity index (χ4n) is 3.14. The largest absolute Gasteiger partial charge is 0.444 e. The number of nitrogens with one attached hydrogen (secondary N) is 2. The van der Waals surface area contributed by atoms with Crippen LogP contribution in [0.1, 0.15) is 47.5 Å². The molecule has 1 aliphatic heterocycles. The van der Waals surface area contributed by atoms with Crippen molar-refractivity contribution in [2.75, 3.05) is 46.3 Å². The van der Waals surface area contributed by atoms with Crippen molar-refractivity contribution in [2.24, 2.45) is 10.9 Å². The van der Waals surface area contributed by atoms with Gasteiger partial charge in [-0.15, -0.1) is 30.6 Å². The van der Waals surface area contributed by atoms with Gasteiger partial charge in [0, 0.05) is 52.4 Å². The molecular weight excluding hydrogens is 481 g/mol. The molecule has 7 nitrogen and oxygen atoms in total. The number of nitrogens with zero attached hydrogens (tertiary/aromatic N) is 3. The molecule has 170 valence electrons. The number of piperidine rings is 1. The standard InChI is InChI=1S/C21H41N5O2.HI/c1-8-12-26-13-10-18(11-14-26)24-19(22-9-2)23-15-17(3)16-25(7)20(27)28-21(4,5)6;/h8,17-18H,1,9-16H2,2-7H3,(H2,22,23,24);1H. The number of carbonyl (C=O) groups is 1. The van der Waals surface area contributed by atoms with E-state index in [2.05, 4.69) is 36.0 Å². The van der Waals surface area contributed by atoms with Gasteiger partial charge in [0.25, 0.3) is 0 Å². The van der Waals surface area contributed by atoms with Gasteiger partial charge in [-0.05, 0) is 46.5 Å². The first-order valence-electron chi connectivity index (χ1n) is 10.5. The molecule has 0 spiro atoms. The van der Waals surface area contributed by atoms with Crippen LogP contribution in [-0.4, -0.2) is 79.8 Å². The molecule has 1 heterocycles. The number of hydrogen-bond acceptors (Lipinski definition) is 4. The fraction of sp³-hybridized carbons (Fsp3) is 0.810. The van der Waals surface area contributed by atoms with E-state index in [1.165, 1.54) is 0 Å². The van der Waals surface area contributed by atoms with E-state index in [1.807, 2.05) is 26.8 Å². The van der Waals surface area contributed by atoms with Gasteiger partial charge in [-0.3, -0.25) is 9.89 Å². The Balaban J connectivity index is 0.00000784. The van der Waals surface area contributed by atoms with E-state index < -0.39 is 5.60 Å². The highest BCUT2D eigenvalue weighted by molar-refractivity contribution is 14.0. The van der Waals surface area contributed by atoms with Crippen molar-refractivity contribution >= 4 is 36.0 Å². The van der Waals surface area contributed by atoms with Crippen molar-refractivity contribution in [2.45, 2.75) is 59.1 Å². The summed E-state index contributed by atoms with van der Waals surface area (Å²) < 4.78 is 5.41. The number of ether oxygens (including phenoxy) is 1. The van der Waals surface area contributed by atoms with Gasteiger partial charge in [0.2, 0.25) is 0 Å². The molecule has 1 aliphatic rings.